The summed E-state index contributed by atoms with van der Waals surface area (Å²) in [6, 6.07) is 5.68. The lowest BCUT2D eigenvalue weighted by Crippen LogP contribution is -2.51. The van der Waals surface area contributed by atoms with Crippen molar-refractivity contribution in [1.29, 1.82) is 0 Å². The summed E-state index contributed by atoms with van der Waals surface area (Å²) in [6.07, 6.45) is 9.56. The number of benzene rings is 1. The van der Waals surface area contributed by atoms with Crippen molar-refractivity contribution in [2.75, 3.05) is 6.54 Å². The minimum atomic E-state index is -0.516. The Morgan fingerprint density at radius 3 is 2.52 bits per heavy atom. The molecule has 1 aromatic carbocycles. The van der Waals surface area contributed by atoms with Crippen LogP contribution in [0.25, 0.3) is 0 Å². The Bertz CT molecular complexity index is 985. The molecule has 164 valence electrons. The van der Waals surface area contributed by atoms with Gasteiger partial charge in [-0.15, -0.1) is 0 Å². The maximum Gasteiger partial charge on any atom is 0.271 e. The number of rotatable bonds is 7. The lowest BCUT2D eigenvalue weighted by molar-refractivity contribution is -0.384. The number of nitro groups is 1. The summed E-state index contributed by atoms with van der Waals surface area (Å²) in [5.74, 6) is 2.71. The van der Waals surface area contributed by atoms with Gasteiger partial charge in [0, 0.05) is 24.9 Å². The first-order valence-corrected chi connectivity index (χ1v) is 11.2. The smallest absolute Gasteiger partial charge is 0.271 e. The zero-order valence-corrected chi connectivity index (χ0v) is 17.9. The van der Waals surface area contributed by atoms with E-state index in [0.717, 1.165) is 24.3 Å². The number of nitrogens with zero attached hydrogens (tertiary/aromatic N) is 3. The van der Waals surface area contributed by atoms with Gasteiger partial charge in [0.1, 0.15) is 11.4 Å². The number of carbonyl (C=O) groups is 1. The second-order valence-corrected chi connectivity index (χ2v) is 9.89. The Labute approximate surface area is 185 Å². The van der Waals surface area contributed by atoms with Crippen molar-refractivity contribution in [2.45, 2.75) is 45.3 Å². The number of carbonyl (C=O) groups excluding carboxylic acids is 1. The van der Waals surface area contributed by atoms with E-state index in [0.29, 0.717) is 11.4 Å². The minimum Gasteiger partial charge on any atom is -0.470 e. The van der Waals surface area contributed by atoms with Crippen molar-refractivity contribution in [3.8, 4) is 5.75 Å². The predicted octanol–water partition coefficient (Wildman–Crippen LogP) is 4.43. The van der Waals surface area contributed by atoms with Gasteiger partial charge in [0.25, 0.3) is 11.6 Å². The highest BCUT2D eigenvalue weighted by Gasteiger charge is 2.50. The fourth-order valence-electron chi connectivity index (χ4n) is 6.28. The fourth-order valence-corrected chi connectivity index (χ4v) is 6.50. The molecule has 0 spiro atoms. The fraction of sp³-hybridized carbons (Fsp3) is 0.545. The highest BCUT2D eigenvalue weighted by Crippen LogP contribution is 2.59. The molecule has 4 fully saturated rings. The van der Waals surface area contributed by atoms with E-state index in [2.05, 4.69) is 10.4 Å². The van der Waals surface area contributed by atoms with Gasteiger partial charge >= 0.3 is 0 Å². The van der Waals surface area contributed by atoms with Crippen LogP contribution in [0, 0.1) is 33.3 Å². The number of nitrogens with one attached hydrogen (secondary N) is 1. The number of ether oxygens (including phenoxy) is 1. The summed E-state index contributed by atoms with van der Waals surface area (Å²) in [5.41, 5.74) is 0.528. The van der Waals surface area contributed by atoms with E-state index in [1.165, 1.54) is 61.4 Å². The van der Waals surface area contributed by atoms with E-state index < -0.39 is 4.92 Å². The third-order valence-electron chi connectivity index (χ3n) is 7.14. The van der Waals surface area contributed by atoms with Crippen molar-refractivity contribution in [2.24, 2.45) is 23.2 Å². The molecule has 31 heavy (non-hydrogen) atoms. The van der Waals surface area contributed by atoms with Crippen LogP contribution in [0.5, 0.6) is 5.75 Å². The summed E-state index contributed by atoms with van der Waals surface area (Å²) in [4.78, 5) is 22.9. The van der Waals surface area contributed by atoms with Gasteiger partial charge < -0.3 is 10.1 Å². The van der Waals surface area contributed by atoms with Crippen molar-refractivity contribution in [3.63, 3.8) is 0 Å². The molecule has 1 amide bonds. The predicted molar refractivity (Wildman–Crippen MR) is 114 cm³/mol. The highest BCUT2D eigenvalue weighted by molar-refractivity contribution is 6.32. The second-order valence-electron chi connectivity index (χ2n) is 9.49. The molecule has 1 aromatic heterocycles. The van der Waals surface area contributed by atoms with Crippen LogP contribution in [0.4, 0.5) is 5.69 Å². The summed E-state index contributed by atoms with van der Waals surface area (Å²) < 4.78 is 7.09. The van der Waals surface area contributed by atoms with Gasteiger partial charge in [0.2, 0.25) is 0 Å². The maximum absolute atomic E-state index is 12.7. The second kappa shape index (κ2) is 7.82. The number of non-ortho nitro benzene ring substituents is 1. The van der Waals surface area contributed by atoms with E-state index >= 15 is 0 Å². The Kier molecular flexibility index (Phi) is 5.12. The van der Waals surface area contributed by atoms with Gasteiger partial charge in [-0.1, -0.05) is 11.6 Å². The van der Waals surface area contributed by atoms with Crippen molar-refractivity contribution < 1.29 is 14.5 Å². The molecular weight excluding hydrogens is 420 g/mol. The number of halogens is 1. The van der Waals surface area contributed by atoms with Crippen LogP contribution in [-0.4, -0.2) is 27.2 Å². The van der Waals surface area contributed by atoms with E-state index in [9.17, 15) is 14.9 Å². The van der Waals surface area contributed by atoms with Crippen LogP contribution in [0.2, 0.25) is 5.02 Å². The normalized spacial score (nSPS) is 28.5. The van der Waals surface area contributed by atoms with Gasteiger partial charge in [-0.2, -0.15) is 5.10 Å². The topological polar surface area (TPSA) is 99.3 Å². The van der Waals surface area contributed by atoms with Crippen molar-refractivity contribution in [3.05, 3.63) is 51.3 Å². The molecule has 2 aromatic rings. The molecule has 9 heteroatoms. The molecule has 1 N–H and O–H groups in total. The summed E-state index contributed by atoms with van der Waals surface area (Å²) in [5, 5.41) is 18.4. The molecule has 0 saturated heterocycles. The molecule has 6 rings (SSSR count). The van der Waals surface area contributed by atoms with E-state index in [-0.39, 0.29) is 28.8 Å². The number of aromatic nitrogens is 2. The van der Waals surface area contributed by atoms with Gasteiger partial charge in [-0.3, -0.25) is 14.9 Å². The molecule has 4 aliphatic carbocycles. The molecule has 1 heterocycles. The Morgan fingerprint density at radius 2 is 1.90 bits per heavy atom. The molecule has 0 radical (unpaired) electrons. The Balaban J connectivity index is 1.16. The van der Waals surface area contributed by atoms with E-state index in [1.54, 1.807) is 12.3 Å². The first-order chi connectivity index (χ1) is 14.9. The first kappa shape index (κ1) is 20.3. The third-order valence-corrected chi connectivity index (χ3v) is 7.44. The zero-order chi connectivity index (χ0) is 21.6. The molecule has 4 bridgehead atoms. The highest BCUT2D eigenvalue weighted by atomic mass is 35.5. The average Bonchev–Trinajstić information content (AvgIpc) is 3.19. The van der Waals surface area contributed by atoms with Gasteiger partial charge in [0.15, 0.2) is 6.73 Å². The van der Waals surface area contributed by atoms with Crippen molar-refractivity contribution in [1.82, 2.24) is 15.1 Å². The molecule has 8 nitrogen and oxygen atoms in total. The number of hydrogen-bond donors (Lipinski definition) is 1. The summed E-state index contributed by atoms with van der Waals surface area (Å²) in [6.45, 7) is 0.775. The molecule has 4 aliphatic rings. The van der Waals surface area contributed by atoms with E-state index in [4.69, 9.17) is 16.3 Å². The summed E-state index contributed by atoms with van der Waals surface area (Å²) in [7, 11) is 0. The van der Waals surface area contributed by atoms with Crippen LogP contribution in [0.15, 0.2) is 30.5 Å². The molecule has 0 aliphatic heterocycles. The Morgan fingerprint density at radius 1 is 1.23 bits per heavy atom. The number of amides is 1. The van der Waals surface area contributed by atoms with Crippen LogP contribution in [0.3, 0.4) is 0 Å². The SMILES string of the molecule is O=C(NCC12CC3CC(CC(C3)C1)C2)c1ccn(COc2ccc([N+](=O)[O-])cc2Cl)n1. The van der Waals surface area contributed by atoms with Crippen LogP contribution >= 0.6 is 11.6 Å². The van der Waals surface area contributed by atoms with Gasteiger partial charge in [-0.25, -0.2) is 4.68 Å². The monoisotopic (exact) mass is 444 g/mol. The quantitative estimate of drug-likeness (QED) is 0.503. The maximum atomic E-state index is 12.7. The molecular formula is C22H25ClN4O4. The standard InChI is InChI=1S/C22H25ClN4O4/c23-18-8-17(27(29)30)1-2-20(18)31-13-26-4-3-19(25-26)21(28)24-12-22-9-14-5-15(10-22)7-16(6-14)11-22/h1-4,8,14-16H,5-7,9-13H2,(H,24,28). The Hall–Kier alpha value is -2.61. The van der Waals surface area contributed by atoms with Crippen molar-refractivity contribution >= 4 is 23.2 Å². The lowest BCUT2D eigenvalue weighted by atomic mass is 9.49. The molecule has 0 atom stereocenters. The van der Waals surface area contributed by atoms with Crippen LogP contribution in [0.1, 0.15) is 49.0 Å². The molecule has 4 saturated carbocycles. The lowest BCUT2D eigenvalue weighted by Gasteiger charge is -2.56. The first-order valence-electron chi connectivity index (χ1n) is 10.8. The average molecular weight is 445 g/mol. The van der Waals surface area contributed by atoms with Crippen LogP contribution < -0.4 is 10.1 Å². The van der Waals surface area contributed by atoms with Crippen LogP contribution in [-0.2, 0) is 6.73 Å². The minimum absolute atomic E-state index is 0.0415. The number of hydrogen-bond acceptors (Lipinski definition) is 5. The largest absolute Gasteiger partial charge is 0.470 e. The third kappa shape index (κ3) is 4.13. The molecule has 0 unspecified atom stereocenters. The summed E-state index contributed by atoms with van der Waals surface area (Å²) >= 11 is 6.04. The number of nitro benzene ring substituents is 1. The van der Waals surface area contributed by atoms with Gasteiger partial charge in [-0.05, 0) is 73.8 Å². The zero-order valence-electron chi connectivity index (χ0n) is 17.1. The van der Waals surface area contributed by atoms with E-state index in [1.807, 2.05) is 0 Å². The van der Waals surface area contributed by atoms with Gasteiger partial charge in [0.05, 0.1) is 9.95 Å².